The van der Waals surface area contributed by atoms with Gasteiger partial charge in [0.25, 0.3) is 5.69 Å². The first-order valence-electron chi connectivity index (χ1n) is 4.48. The quantitative estimate of drug-likeness (QED) is 0.366. The Hall–Kier alpha value is -2.68. The fourth-order valence-corrected chi connectivity index (χ4v) is 1.10. The van der Waals surface area contributed by atoms with Gasteiger partial charge in [-0.3, -0.25) is 19.7 Å². The first-order chi connectivity index (χ1) is 8.02. The minimum absolute atomic E-state index is 0.124. The average Bonchev–Trinajstić information content (AvgIpc) is 2.28. The largest absolute Gasteiger partial charge is 0.481 e. The molecule has 0 radical (unpaired) electrons. The molecule has 0 aliphatic rings. The average molecular weight is 233 g/mol. The maximum atomic E-state index is 10.6. The van der Waals surface area contributed by atoms with Crippen LogP contribution in [-0.2, 0) is 4.79 Å². The Morgan fingerprint density at radius 1 is 1.47 bits per heavy atom. The van der Waals surface area contributed by atoms with Crippen LogP contribution in [0.5, 0.6) is 0 Å². The SMILES string of the molecule is O=Cc1cc(C#CCC(=O)O)cc([N+](=O)[O-])c1. The first-order valence-corrected chi connectivity index (χ1v) is 4.48. The molecule has 1 N–H and O–H groups in total. The Morgan fingerprint density at radius 3 is 2.71 bits per heavy atom. The molecule has 1 aromatic carbocycles. The summed E-state index contributed by atoms with van der Waals surface area (Å²) in [5.41, 5.74) is 0.107. The Bertz CT molecular complexity index is 539. The van der Waals surface area contributed by atoms with Crippen LogP contribution >= 0.6 is 0 Å². The molecule has 0 unspecified atom stereocenters. The molecular weight excluding hydrogens is 226 g/mol. The number of benzene rings is 1. The van der Waals surface area contributed by atoms with E-state index in [2.05, 4.69) is 11.8 Å². The minimum atomic E-state index is -1.08. The van der Waals surface area contributed by atoms with Gasteiger partial charge in [-0.25, -0.2) is 0 Å². The maximum Gasteiger partial charge on any atom is 0.315 e. The van der Waals surface area contributed by atoms with Gasteiger partial charge in [0.15, 0.2) is 0 Å². The number of nitrogens with zero attached hydrogens (tertiary/aromatic N) is 1. The highest BCUT2D eigenvalue weighted by molar-refractivity contribution is 5.77. The van der Waals surface area contributed by atoms with E-state index in [1.807, 2.05) is 0 Å². The predicted molar refractivity (Wildman–Crippen MR) is 57.6 cm³/mol. The minimum Gasteiger partial charge on any atom is -0.481 e. The number of carboxylic acid groups (broad SMARTS) is 1. The molecule has 0 amide bonds. The van der Waals surface area contributed by atoms with Crippen molar-refractivity contribution in [2.45, 2.75) is 6.42 Å². The van der Waals surface area contributed by atoms with E-state index in [-0.39, 0.29) is 23.2 Å². The number of nitro groups is 1. The molecule has 17 heavy (non-hydrogen) atoms. The van der Waals surface area contributed by atoms with Gasteiger partial charge >= 0.3 is 5.97 Å². The number of hydrogen-bond acceptors (Lipinski definition) is 4. The van der Waals surface area contributed by atoms with Gasteiger partial charge in [0.1, 0.15) is 12.7 Å². The van der Waals surface area contributed by atoms with Gasteiger partial charge in [-0.15, -0.1) is 0 Å². The Kier molecular flexibility index (Phi) is 3.95. The van der Waals surface area contributed by atoms with Crippen molar-refractivity contribution >= 4 is 17.9 Å². The molecule has 86 valence electrons. The van der Waals surface area contributed by atoms with Crippen molar-refractivity contribution in [1.82, 2.24) is 0 Å². The monoisotopic (exact) mass is 233 g/mol. The number of aldehydes is 1. The second-order valence-corrected chi connectivity index (χ2v) is 3.06. The zero-order valence-corrected chi connectivity index (χ0v) is 8.54. The molecular formula is C11H7NO5. The first kappa shape index (κ1) is 12.4. The normalized spacial score (nSPS) is 8.94. The highest BCUT2D eigenvalue weighted by Crippen LogP contribution is 2.15. The number of carbonyl (C=O) groups excluding carboxylic acids is 1. The summed E-state index contributed by atoms with van der Waals surface area (Å²) < 4.78 is 0. The van der Waals surface area contributed by atoms with Gasteiger partial charge in [0.2, 0.25) is 0 Å². The van der Waals surface area contributed by atoms with Crippen molar-refractivity contribution in [3.63, 3.8) is 0 Å². The number of non-ortho nitro benzene ring substituents is 1. The van der Waals surface area contributed by atoms with Gasteiger partial charge < -0.3 is 5.11 Å². The Morgan fingerprint density at radius 2 is 2.18 bits per heavy atom. The molecule has 0 aliphatic carbocycles. The lowest BCUT2D eigenvalue weighted by atomic mass is 10.1. The van der Waals surface area contributed by atoms with Crippen molar-refractivity contribution in [2.75, 3.05) is 0 Å². The lowest BCUT2D eigenvalue weighted by Crippen LogP contribution is -1.93. The van der Waals surface area contributed by atoms with E-state index in [9.17, 15) is 19.7 Å². The third-order valence-electron chi connectivity index (χ3n) is 1.76. The summed E-state index contributed by atoms with van der Waals surface area (Å²) in [5.74, 6) is 3.70. The van der Waals surface area contributed by atoms with Crippen molar-refractivity contribution < 1.29 is 19.6 Å². The van der Waals surface area contributed by atoms with Crippen LogP contribution in [0, 0.1) is 22.0 Å². The molecule has 0 aliphatic heterocycles. The van der Waals surface area contributed by atoms with E-state index in [0.29, 0.717) is 6.29 Å². The van der Waals surface area contributed by atoms with Gasteiger partial charge in [-0.2, -0.15) is 0 Å². The number of carbonyl (C=O) groups is 2. The smallest absolute Gasteiger partial charge is 0.315 e. The molecule has 0 bridgehead atoms. The molecule has 1 aromatic rings. The molecule has 0 heterocycles. The number of carboxylic acids is 1. The predicted octanol–water partition coefficient (Wildman–Crippen LogP) is 1.23. The summed E-state index contributed by atoms with van der Waals surface area (Å²) in [6, 6.07) is 3.66. The molecule has 0 saturated carbocycles. The Labute approximate surface area is 96.0 Å². The number of nitro benzene ring substituents is 1. The van der Waals surface area contributed by atoms with Crippen LogP contribution in [0.15, 0.2) is 18.2 Å². The van der Waals surface area contributed by atoms with Gasteiger partial charge in [-0.05, 0) is 6.07 Å². The summed E-state index contributed by atoms with van der Waals surface area (Å²) in [7, 11) is 0. The van der Waals surface area contributed by atoms with Gasteiger partial charge in [0, 0.05) is 23.3 Å². The molecule has 0 aromatic heterocycles. The standard InChI is InChI=1S/C11H7NO5/c13-7-9-4-8(2-1-3-11(14)15)5-10(6-9)12(16)17/h4-7H,3H2,(H,14,15). The van der Waals surface area contributed by atoms with Gasteiger partial charge in [0.05, 0.1) is 4.92 Å². The van der Waals surface area contributed by atoms with Crippen molar-refractivity contribution in [1.29, 1.82) is 0 Å². The molecule has 0 spiro atoms. The number of rotatable bonds is 3. The second-order valence-electron chi connectivity index (χ2n) is 3.06. The van der Waals surface area contributed by atoms with Crippen LogP contribution < -0.4 is 0 Å². The van der Waals surface area contributed by atoms with Crippen molar-refractivity contribution in [3.8, 4) is 11.8 Å². The zero-order valence-electron chi connectivity index (χ0n) is 8.54. The molecule has 0 saturated heterocycles. The van der Waals surface area contributed by atoms with E-state index in [1.165, 1.54) is 12.1 Å². The Balaban J connectivity index is 3.09. The van der Waals surface area contributed by atoms with E-state index >= 15 is 0 Å². The van der Waals surface area contributed by atoms with Crippen molar-refractivity contribution in [3.05, 3.63) is 39.4 Å². The summed E-state index contributed by atoms with van der Waals surface area (Å²) in [6.07, 6.45) is 0.106. The van der Waals surface area contributed by atoms with Crippen LogP contribution in [0.1, 0.15) is 22.3 Å². The van der Waals surface area contributed by atoms with E-state index in [4.69, 9.17) is 5.11 Å². The highest BCUT2D eigenvalue weighted by Gasteiger charge is 2.08. The maximum absolute atomic E-state index is 10.6. The molecule has 6 nitrogen and oxygen atoms in total. The van der Waals surface area contributed by atoms with Crippen LogP contribution in [-0.4, -0.2) is 22.3 Å². The number of hydrogen-bond donors (Lipinski definition) is 1. The van der Waals surface area contributed by atoms with Crippen LogP contribution in [0.4, 0.5) is 5.69 Å². The van der Waals surface area contributed by atoms with Crippen molar-refractivity contribution in [2.24, 2.45) is 0 Å². The molecule has 6 heteroatoms. The van der Waals surface area contributed by atoms with Crippen LogP contribution in [0.2, 0.25) is 0 Å². The third kappa shape index (κ3) is 3.76. The summed E-state index contributed by atoms with van der Waals surface area (Å²) in [6.45, 7) is 0. The van der Waals surface area contributed by atoms with E-state index < -0.39 is 10.9 Å². The molecule has 0 atom stereocenters. The summed E-state index contributed by atoms with van der Waals surface area (Å²) >= 11 is 0. The number of aliphatic carboxylic acids is 1. The highest BCUT2D eigenvalue weighted by atomic mass is 16.6. The lowest BCUT2D eigenvalue weighted by Gasteiger charge is -1.95. The van der Waals surface area contributed by atoms with E-state index in [0.717, 1.165) is 6.07 Å². The fourth-order valence-electron chi connectivity index (χ4n) is 1.10. The van der Waals surface area contributed by atoms with Gasteiger partial charge in [-0.1, -0.05) is 11.8 Å². The zero-order chi connectivity index (χ0) is 12.8. The third-order valence-corrected chi connectivity index (χ3v) is 1.76. The fraction of sp³-hybridized carbons (Fsp3) is 0.0909. The van der Waals surface area contributed by atoms with Crippen LogP contribution in [0.25, 0.3) is 0 Å². The van der Waals surface area contributed by atoms with Crippen LogP contribution in [0.3, 0.4) is 0 Å². The lowest BCUT2D eigenvalue weighted by molar-refractivity contribution is -0.384. The second kappa shape index (κ2) is 5.42. The summed E-state index contributed by atoms with van der Waals surface area (Å²) in [5, 5.41) is 18.9. The topological polar surface area (TPSA) is 97.5 Å². The van der Waals surface area contributed by atoms with E-state index in [1.54, 1.807) is 0 Å². The summed E-state index contributed by atoms with van der Waals surface area (Å²) in [4.78, 5) is 30.7. The molecule has 0 fully saturated rings. The molecule has 1 rings (SSSR count).